The molecule has 1 fully saturated rings. The Hall–Kier alpha value is -2.37. The predicted octanol–water partition coefficient (Wildman–Crippen LogP) is 1.93. The SMILES string of the molecule is C/C(=N\NC(=O)CNC(=O)C1CCCCC1)c1ccccc1O. The number of hydrogen-bond acceptors (Lipinski definition) is 4. The van der Waals surface area contributed by atoms with Gasteiger partial charge in [0.15, 0.2) is 0 Å². The summed E-state index contributed by atoms with van der Waals surface area (Å²) in [5.41, 5.74) is 3.44. The van der Waals surface area contributed by atoms with Gasteiger partial charge in [-0.25, -0.2) is 5.43 Å². The molecule has 1 aliphatic rings. The standard InChI is InChI=1S/C17H23N3O3/c1-12(14-9-5-6-10-15(14)21)19-20-16(22)11-18-17(23)13-7-3-2-4-8-13/h5-6,9-10,13,21H,2-4,7-8,11H2,1H3,(H,18,23)(H,20,22)/b19-12+. The summed E-state index contributed by atoms with van der Waals surface area (Å²) in [6.45, 7) is 1.60. The Morgan fingerprint density at radius 2 is 1.91 bits per heavy atom. The number of carbonyl (C=O) groups excluding carboxylic acids is 2. The van der Waals surface area contributed by atoms with Crippen molar-refractivity contribution in [1.82, 2.24) is 10.7 Å². The number of hydrogen-bond donors (Lipinski definition) is 3. The number of carbonyl (C=O) groups is 2. The molecule has 1 aromatic carbocycles. The summed E-state index contributed by atoms with van der Waals surface area (Å²) >= 11 is 0. The van der Waals surface area contributed by atoms with E-state index in [4.69, 9.17) is 0 Å². The van der Waals surface area contributed by atoms with Gasteiger partial charge in [-0.05, 0) is 31.9 Å². The monoisotopic (exact) mass is 317 g/mol. The van der Waals surface area contributed by atoms with Crippen LogP contribution in [0.5, 0.6) is 5.75 Å². The van der Waals surface area contributed by atoms with Gasteiger partial charge in [0.05, 0.1) is 12.3 Å². The molecule has 23 heavy (non-hydrogen) atoms. The first-order valence-corrected chi connectivity index (χ1v) is 7.97. The van der Waals surface area contributed by atoms with Crippen molar-refractivity contribution in [3.05, 3.63) is 29.8 Å². The van der Waals surface area contributed by atoms with Crippen LogP contribution >= 0.6 is 0 Å². The molecule has 0 unspecified atom stereocenters. The summed E-state index contributed by atoms with van der Waals surface area (Å²) in [6.07, 6.45) is 5.14. The molecule has 124 valence electrons. The molecule has 0 radical (unpaired) electrons. The lowest BCUT2D eigenvalue weighted by Crippen LogP contribution is -2.39. The first-order chi connectivity index (χ1) is 11.1. The Labute approximate surface area is 136 Å². The molecule has 2 amide bonds. The average molecular weight is 317 g/mol. The average Bonchev–Trinajstić information content (AvgIpc) is 2.58. The number of para-hydroxylation sites is 1. The minimum absolute atomic E-state index is 0.0306. The highest BCUT2D eigenvalue weighted by atomic mass is 16.3. The third-order valence-electron chi connectivity index (χ3n) is 4.04. The maximum atomic E-state index is 11.9. The highest BCUT2D eigenvalue weighted by Crippen LogP contribution is 2.23. The van der Waals surface area contributed by atoms with Gasteiger partial charge in [-0.15, -0.1) is 0 Å². The van der Waals surface area contributed by atoms with Gasteiger partial charge in [-0.3, -0.25) is 9.59 Å². The molecule has 1 saturated carbocycles. The van der Waals surface area contributed by atoms with Crippen LogP contribution in [0, 0.1) is 5.92 Å². The van der Waals surface area contributed by atoms with Crippen LogP contribution in [-0.2, 0) is 9.59 Å². The van der Waals surface area contributed by atoms with Crippen LogP contribution in [0.4, 0.5) is 0 Å². The van der Waals surface area contributed by atoms with Crippen LogP contribution < -0.4 is 10.7 Å². The third kappa shape index (κ3) is 5.09. The smallest absolute Gasteiger partial charge is 0.259 e. The van der Waals surface area contributed by atoms with Crippen molar-refractivity contribution in [2.75, 3.05) is 6.54 Å². The van der Waals surface area contributed by atoms with Crippen LogP contribution in [0.2, 0.25) is 0 Å². The number of aromatic hydroxyl groups is 1. The van der Waals surface area contributed by atoms with Crippen molar-refractivity contribution in [2.45, 2.75) is 39.0 Å². The zero-order chi connectivity index (χ0) is 16.7. The Bertz CT molecular complexity index is 593. The Morgan fingerprint density at radius 3 is 2.61 bits per heavy atom. The van der Waals surface area contributed by atoms with Crippen molar-refractivity contribution in [2.24, 2.45) is 11.0 Å². The van der Waals surface area contributed by atoms with E-state index in [9.17, 15) is 14.7 Å². The molecular formula is C17H23N3O3. The summed E-state index contributed by atoms with van der Waals surface area (Å²) in [5.74, 6) is -0.304. The molecule has 6 heteroatoms. The van der Waals surface area contributed by atoms with Crippen molar-refractivity contribution >= 4 is 17.5 Å². The fraction of sp³-hybridized carbons (Fsp3) is 0.471. The molecule has 0 aliphatic heterocycles. The largest absolute Gasteiger partial charge is 0.507 e. The normalized spacial score (nSPS) is 16.0. The van der Waals surface area contributed by atoms with E-state index >= 15 is 0 Å². The lowest BCUT2D eigenvalue weighted by molar-refractivity contribution is -0.129. The Kier molecular flexibility index (Phi) is 6.14. The number of nitrogens with zero attached hydrogens (tertiary/aromatic N) is 1. The summed E-state index contributed by atoms with van der Waals surface area (Å²) in [4.78, 5) is 23.7. The molecule has 0 saturated heterocycles. The van der Waals surface area contributed by atoms with Crippen LogP contribution in [0.15, 0.2) is 29.4 Å². The Morgan fingerprint density at radius 1 is 1.22 bits per heavy atom. The fourth-order valence-corrected chi connectivity index (χ4v) is 2.70. The van der Waals surface area contributed by atoms with Gasteiger partial charge in [0, 0.05) is 11.5 Å². The molecule has 0 bridgehead atoms. The maximum Gasteiger partial charge on any atom is 0.259 e. The highest BCUT2D eigenvalue weighted by Gasteiger charge is 2.21. The van der Waals surface area contributed by atoms with Crippen LogP contribution in [-0.4, -0.2) is 29.2 Å². The van der Waals surface area contributed by atoms with E-state index in [0.717, 1.165) is 25.7 Å². The van der Waals surface area contributed by atoms with Gasteiger partial charge >= 0.3 is 0 Å². The second-order valence-corrected chi connectivity index (χ2v) is 5.80. The molecule has 2 rings (SSSR count). The molecule has 0 aromatic heterocycles. The lowest BCUT2D eigenvalue weighted by atomic mass is 9.89. The molecule has 0 atom stereocenters. The number of phenols is 1. The number of rotatable bonds is 5. The van der Waals surface area contributed by atoms with Gasteiger partial charge in [-0.2, -0.15) is 5.10 Å². The molecular weight excluding hydrogens is 294 g/mol. The highest BCUT2D eigenvalue weighted by molar-refractivity contribution is 6.01. The zero-order valence-corrected chi connectivity index (χ0v) is 13.3. The van der Waals surface area contributed by atoms with E-state index in [1.54, 1.807) is 31.2 Å². The summed E-state index contributed by atoms with van der Waals surface area (Å²) in [5, 5.41) is 16.3. The van der Waals surface area contributed by atoms with Crippen molar-refractivity contribution in [3.63, 3.8) is 0 Å². The second-order valence-electron chi connectivity index (χ2n) is 5.80. The zero-order valence-electron chi connectivity index (χ0n) is 13.3. The molecule has 1 aliphatic carbocycles. The van der Waals surface area contributed by atoms with Crippen LogP contribution in [0.3, 0.4) is 0 Å². The van der Waals surface area contributed by atoms with E-state index in [1.165, 1.54) is 6.42 Å². The van der Waals surface area contributed by atoms with E-state index in [1.807, 2.05) is 0 Å². The molecule has 1 aromatic rings. The molecule has 0 spiro atoms. The number of amides is 2. The fourth-order valence-electron chi connectivity index (χ4n) is 2.70. The van der Waals surface area contributed by atoms with Gasteiger partial charge in [0.2, 0.25) is 5.91 Å². The van der Waals surface area contributed by atoms with Gasteiger partial charge < -0.3 is 10.4 Å². The van der Waals surface area contributed by atoms with E-state index in [2.05, 4.69) is 15.8 Å². The van der Waals surface area contributed by atoms with Crippen molar-refractivity contribution in [3.8, 4) is 5.75 Å². The second kappa shape index (κ2) is 8.31. The molecule has 3 N–H and O–H groups in total. The van der Waals surface area contributed by atoms with Gasteiger partial charge in [0.25, 0.3) is 5.91 Å². The molecule has 0 heterocycles. The van der Waals surface area contributed by atoms with Gasteiger partial charge in [0.1, 0.15) is 5.75 Å². The number of benzene rings is 1. The minimum Gasteiger partial charge on any atom is -0.507 e. The Balaban J connectivity index is 1.79. The number of hydrazone groups is 1. The third-order valence-corrected chi connectivity index (χ3v) is 4.04. The first kappa shape index (κ1) is 17.0. The lowest BCUT2D eigenvalue weighted by Gasteiger charge is -2.20. The van der Waals surface area contributed by atoms with Crippen molar-refractivity contribution in [1.29, 1.82) is 0 Å². The molecule has 6 nitrogen and oxygen atoms in total. The van der Waals surface area contributed by atoms with Crippen LogP contribution in [0.25, 0.3) is 0 Å². The summed E-state index contributed by atoms with van der Waals surface area (Å²) < 4.78 is 0. The first-order valence-electron chi connectivity index (χ1n) is 7.97. The van der Waals surface area contributed by atoms with Crippen molar-refractivity contribution < 1.29 is 14.7 Å². The van der Waals surface area contributed by atoms with E-state index in [0.29, 0.717) is 11.3 Å². The summed E-state index contributed by atoms with van der Waals surface area (Å²) in [7, 11) is 0. The quantitative estimate of drug-likeness (QED) is 0.572. The number of phenolic OH excluding ortho intramolecular Hbond substituents is 1. The summed E-state index contributed by atoms with van der Waals surface area (Å²) in [6, 6.07) is 6.76. The minimum atomic E-state index is -0.385. The van der Waals surface area contributed by atoms with E-state index < -0.39 is 0 Å². The number of nitrogens with one attached hydrogen (secondary N) is 2. The maximum absolute atomic E-state index is 11.9. The van der Waals surface area contributed by atoms with E-state index in [-0.39, 0.29) is 30.0 Å². The van der Waals surface area contributed by atoms with Crippen LogP contribution in [0.1, 0.15) is 44.6 Å². The van der Waals surface area contributed by atoms with Gasteiger partial charge in [-0.1, -0.05) is 31.4 Å². The predicted molar refractivity (Wildman–Crippen MR) is 88.0 cm³/mol. The topological polar surface area (TPSA) is 90.8 Å².